The lowest BCUT2D eigenvalue weighted by Crippen LogP contribution is -2.03. The van der Waals surface area contributed by atoms with Gasteiger partial charge in [0.25, 0.3) is 0 Å². The summed E-state index contributed by atoms with van der Waals surface area (Å²) in [5.41, 5.74) is 17.4. The quantitative estimate of drug-likeness (QED) is 0.716. The highest BCUT2D eigenvalue weighted by Crippen LogP contribution is 2.29. The third kappa shape index (κ3) is 2.64. The lowest BCUT2D eigenvalue weighted by atomic mass is 10.3. The Hall–Kier alpha value is -2.41. The third-order valence-electron chi connectivity index (χ3n) is 2.03. The van der Waals surface area contributed by atoms with Crippen LogP contribution in [0.1, 0.15) is 0 Å². The van der Waals surface area contributed by atoms with Crippen LogP contribution in [0.5, 0.6) is 0 Å². The van der Waals surface area contributed by atoms with Gasteiger partial charge in [0.1, 0.15) is 0 Å². The number of rotatable bonds is 2. The first-order valence-corrected chi connectivity index (χ1v) is 5.30. The van der Waals surface area contributed by atoms with E-state index in [9.17, 15) is 0 Å². The predicted molar refractivity (Wildman–Crippen MR) is 70.9 cm³/mol. The maximum atomic E-state index is 5.82. The summed E-state index contributed by atoms with van der Waals surface area (Å²) in [5, 5.41) is 8.40. The number of nitrogen functional groups attached to an aromatic ring is 3. The molecular formula is C10H10ClN7. The van der Waals surface area contributed by atoms with Crippen molar-refractivity contribution in [1.29, 1.82) is 0 Å². The molecule has 0 amide bonds. The number of hydrogen-bond acceptors (Lipinski definition) is 7. The second-order valence-corrected chi connectivity index (χ2v) is 3.82. The molecule has 0 aliphatic rings. The summed E-state index contributed by atoms with van der Waals surface area (Å²) in [5.74, 6) is 0.142. The Morgan fingerprint density at radius 2 is 1.67 bits per heavy atom. The monoisotopic (exact) mass is 263 g/mol. The van der Waals surface area contributed by atoms with E-state index in [4.69, 9.17) is 28.8 Å². The molecule has 0 aliphatic carbocycles. The Kier molecular flexibility index (Phi) is 3.24. The lowest BCUT2D eigenvalue weighted by Gasteiger charge is -2.02. The van der Waals surface area contributed by atoms with Crippen molar-refractivity contribution in [2.75, 3.05) is 17.2 Å². The number of nitrogens with two attached hydrogens (primary N) is 3. The van der Waals surface area contributed by atoms with E-state index in [1.807, 2.05) is 0 Å². The summed E-state index contributed by atoms with van der Waals surface area (Å²) in [6.07, 6.45) is 0. The van der Waals surface area contributed by atoms with Gasteiger partial charge in [-0.1, -0.05) is 17.7 Å². The first-order chi connectivity index (χ1) is 8.56. The normalized spacial score (nSPS) is 10.9. The Bertz CT molecular complexity index is 588. The lowest BCUT2D eigenvalue weighted by molar-refractivity contribution is 1.15. The van der Waals surface area contributed by atoms with Crippen LogP contribution in [0.15, 0.2) is 34.5 Å². The average molecular weight is 264 g/mol. The van der Waals surface area contributed by atoms with Gasteiger partial charge in [0, 0.05) is 5.02 Å². The molecule has 92 valence electrons. The molecule has 1 aromatic carbocycles. The smallest absolute Gasteiger partial charge is 0.224 e. The van der Waals surface area contributed by atoms with E-state index in [0.29, 0.717) is 10.7 Å². The SMILES string of the molecule is Nc1nc(N)c(N=Nc2cccc(Cl)c2)c(N)n1. The molecule has 0 radical (unpaired) electrons. The van der Waals surface area contributed by atoms with Gasteiger partial charge >= 0.3 is 0 Å². The van der Waals surface area contributed by atoms with Gasteiger partial charge in [0.2, 0.25) is 5.95 Å². The Morgan fingerprint density at radius 1 is 1.00 bits per heavy atom. The Labute approximate surface area is 108 Å². The van der Waals surface area contributed by atoms with E-state index >= 15 is 0 Å². The fourth-order valence-corrected chi connectivity index (χ4v) is 1.44. The molecule has 6 N–H and O–H groups in total. The highest BCUT2D eigenvalue weighted by atomic mass is 35.5. The van der Waals surface area contributed by atoms with Crippen LogP contribution in [-0.4, -0.2) is 9.97 Å². The van der Waals surface area contributed by atoms with Gasteiger partial charge < -0.3 is 17.2 Å². The summed E-state index contributed by atoms with van der Waals surface area (Å²) in [6, 6.07) is 6.87. The third-order valence-corrected chi connectivity index (χ3v) is 2.26. The largest absolute Gasteiger partial charge is 0.382 e. The van der Waals surface area contributed by atoms with E-state index in [0.717, 1.165) is 0 Å². The summed E-state index contributed by atoms with van der Waals surface area (Å²) < 4.78 is 0. The maximum absolute atomic E-state index is 5.82. The highest BCUT2D eigenvalue weighted by Gasteiger charge is 2.07. The van der Waals surface area contributed by atoms with Gasteiger partial charge in [0.15, 0.2) is 17.3 Å². The molecule has 0 spiro atoms. The van der Waals surface area contributed by atoms with E-state index in [-0.39, 0.29) is 23.3 Å². The molecule has 0 saturated heterocycles. The predicted octanol–water partition coefficient (Wildman–Crippen LogP) is 2.29. The first-order valence-electron chi connectivity index (χ1n) is 4.92. The second-order valence-electron chi connectivity index (χ2n) is 3.38. The number of nitrogens with zero attached hydrogens (tertiary/aromatic N) is 4. The molecule has 2 aromatic rings. The fraction of sp³-hybridized carbons (Fsp3) is 0. The number of aromatic nitrogens is 2. The molecule has 8 heteroatoms. The van der Waals surface area contributed by atoms with E-state index < -0.39 is 0 Å². The van der Waals surface area contributed by atoms with E-state index in [1.54, 1.807) is 24.3 Å². The summed E-state index contributed by atoms with van der Waals surface area (Å²) in [4.78, 5) is 7.50. The zero-order valence-electron chi connectivity index (χ0n) is 9.21. The molecule has 1 aromatic heterocycles. The van der Waals surface area contributed by atoms with Gasteiger partial charge in [-0.2, -0.15) is 15.1 Å². The van der Waals surface area contributed by atoms with Crippen LogP contribution in [0.25, 0.3) is 0 Å². The molecule has 18 heavy (non-hydrogen) atoms. The van der Waals surface area contributed by atoms with Crippen molar-refractivity contribution in [3.05, 3.63) is 29.3 Å². The van der Waals surface area contributed by atoms with Crippen LogP contribution in [-0.2, 0) is 0 Å². The molecule has 2 rings (SSSR count). The van der Waals surface area contributed by atoms with Gasteiger partial charge in [-0.15, -0.1) is 5.11 Å². The number of benzene rings is 1. The van der Waals surface area contributed by atoms with E-state index in [1.165, 1.54) is 0 Å². The first kappa shape index (κ1) is 12.1. The second kappa shape index (κ2) is 4.84. The zero-order valence-corrected chi connectivity index (χ0v) is 9.96. The van der Waals surface area contributed by atoms with Crippen molar-refractivity contribution in [3.63, 3.8) is 0 Å². The molecule has 0 atom stereocenters. The van der Waals surface area contributed by atoms with Crippen LogP contribution in [0, 0.1) is 0 Å². The molecular weight excluding hydrogens is 254 g/mol. The zero-order chi connectivity index (χ0) is 13.1. The van der Waals surface area contributed by atoms with Crippen molar-refractivity contribution in [3.8, 4) is 0 Å². The van der Waals surface area contributed by atoms with Crippen molar-refractivity contribution in [2.45, 2.75) is 0 Å². The number of halogens is 1. The molecule has 0 aliphatic heterocycles. The fourth-order valence-electron chi connectivity index (χ4n) is 1.26. The van der Waals surface area contributed by atoms with Crippen LogP contribution in [0.2, 0.25) is 5.02 Å². The molecule has 0 unspecified atom stereocenters. The standard InChI is InChI=1S/C10H10ClN7/c11-5-2-1-3-6(4-5)17-18-7-8(12)15-10(14)16-9(7)13/h1-4H,(H6,12,13,14,15,16). The van der Waals surface area contributed by atoms with Crippen molar-refractivity contribution >= 4 is 40.6 Å². The van der Waals surface area contributed by atoms with Crippen LogP contribution in [0.4, 0.5) is 29.0 Å². The number of anilines is 3. The minimum Gasteiger partial charge on any atom is -0.382 e. The highest BCUT2D eigenvalue weighted by molar-refractivity contribution is 6.30. The average Bonchev–Trinajstić information content (AvgIpc) is 2.27. The van der Waals surface area contributed by atoms with Gasteiger partial charge in [0.05, 0.1) is 5.69 Å². The Balaban J connectivity index is 2.35. The molecule has 0 bridgehead atoms. The number of azo groups is 1. The van der Waals surface area contributed by atoms with Crippen LogP contribution >= 0.6 is 11.6 Å². The van der Waals surface area contributed by atoms with Crippen LogP contribution in [0.3, 0.4) is 0 Å². The van der Waals surface area contributed by atoms with Gasteiger partial charge in [-0.05, 0) is 18.2 Å². The molecule has 0 fully saturated rings. The van der Waals surface area contributed by atoms with Gasteiger partial charge in [-0.3, -0.25) is 0 Å². The summed E-state index contributed by atoms with van der Waals surface area (Å²) >= 11 is 5.82. The minimum atomic E-state index is -0.00768. The Morgan fingerprint density at radius 3 is 2.28 bits per heavy atom. The van der Waals surface area contributed by atoms with Crippen LogP contribution < -0.4 is 17.2 Å². The minimum absolute atomic E-state index is 0.00768. The van der Waals surface area contributed by atoms with Crippen molar-refractivity contribution in [2.24, 2.45) is 10.2 Å². The van der Waals surface area contributed by atoms with Gasteiger partial charge in [-0.25, -0.2) is 0 Å². The van der Waals surface area contributed by atoms with Crippen molar-refractivity contribution < 1.29 is 0 Å². The summed E-state index contributed by atoms with van der Waals surface area (Å²) in [7, 11) is 0. The molecule has 7 nitrogen and oxygen atoms in total. The van der Waals surface area contributed by atoms with E-state index in [2.05, 4.69) is 20.2 Å². The maximum Gasteiger partial charge on any atom is 0.224 e. The van der Waals surface area contributed by atoms with Crippen molar-refractivity contribution in [1.82, 2.24) is 9.97 Å². The summed E-state index contributed by atoms with van der Waals surface area (Å²) in [6.45, 7) is 0. The molecule has 0 saturated carbocycles. The molecule has 1 heterocycles. The number of hydrogen-bond donors (Lipinski definition) is 3. The topological polar surface area (TPSA) is 129 Å².